The van der Waals surface area contributed by atoms with Crippen LogP contribution in [0.5, 0.6) is 0 Å². The van der Waals surface area contributed by atoms with Crippen LogP contribution in [-0.4, -0.2) is 25.5 Å². The molecule has 0 aliphatic rings. The molecule has 2 N–H and O–H groups in total. The monoisotopic (exact) mass is 227 g/mol. The van der Waals surface area contributed by atoms with Crippen LogP contribution in [-0.2, 0) is 9.53 Å². The normalized spacial score (nSPS) is 12.4. The molecular formula is C13H25NO2. The van der Waals surface area contributed by atoms with E-state index in [2.05, 4.69) is 13.5 Å². The highest BCUT2D eigenvalue weighted by atomic mass is 16.5. The summed E-state index contributed by atoms with van der Waals surface area (Å²) in [6.45, 7) is 7.09. The van der Waals surface area contributed by atoms with Gasteiger partial charge in [-0.3, -0.25) is 4.79 Å². The van der Waals surface area contributed by atoms with E-state index in [1.165, 1.54) is 12.8 Å². The molecule has 94 valence electrons. The maximum atomic E-state index is 11.3. The predicted molar refractivity (Wildman–Crippen MR) is 67.3 cm³/mol. The highest BCUT2D eigenvalue weighted by Gasteiger charge is 2.02. The minimum atomic E-state index is 0.185. The van der Waals surface area contributed by atoms with E-state index in [1.807, 2.05) is 6.08 Å². The fourth-order valence-corrected chi connectivity index (χ4v) is 1.42. The molecule has 0 aliphatic heterocycles. The van der Waals surface area contributed by atoms with Gasteiger partial charge >= 0.3 is 0 Å². The molecule has 0 spiro atoms. The number of Topliss-reactive ketones (excluding diaryl/α,β-unsaturated/α-hetero) is 1. The summed E-state index contributed by atoms with van der Waals surface area (Å²) in [7, 11) is 0. The van der Waals surface area contributed by atoms with E-state index >= 15 is 0 Å². The molecule has 0 aliphatic carbocycles. The van der Waals surface area contributed by atoms with Crippen molar-refractivity contribution in [2.45, 2.75) is 39.0 Å². The zero-order valence-corrected chi connectivity index (χ0v) is 10.4. The first-order valence-corrected chi connectivity index (χ1v) is 6.12. The molecule has 3 nitrogen and oxygen atoms in total. The molecule has 0 radical (unpaired) electrons. The predicted octanol–water partition coefficient (Wildman–Crippen LogP) is 2.30. The summed E-state index contributed by atoms with van der Waals surface area (Å²) in [5, 5.41) is 0. The largest absolute Gasteiger partial charge is 0.372 e. The van der Waals surface area contributed by atoms with Gasteiger partial charge in [-0.05, 0) is 18.8 Å². The topological polar surface area (TPSA) is 52.3 Å². The van der Waals surface area contributed by atoms with Crippen LogP contribution in [0.3, 0.4) is 0 Å². The van der Waals surface area contributed by atoms with Crippen molar-refractivity contribution in [3.8, 4) is 0 Å². The van der Waals surface area contributed by atoms with E-state index in [4.69, 9.17) is 10.5 Å². The maximum absolute atomic E-state index is 11.3. The Kier molecular flexibility index (Phi) is 10.4. The Morgan fingerprint density at radius 2 is 2.19 bits per heavy atom. The lowest BCUT2D eigenvalue weighted by molar-refractivity contribution is -0.123. The number of hydrogen-bond donors (Lipinski definition) is 1. The lowest BCUT2D eigenvalue weighted by Gasteiger charge is -2.05. The Bertz CT molecular complexity index is 192. The number of ketones is 1. The van der Waals surface area contributed by atoms with Gasteiger partial charge in [0.15, 0.2) is 5.78 Å². The van der Waals surface area contributed by atoms with Crippen molar-refractivity contribution in [3.05, 3.63) is 12.7 Å². The molecule has 3 heteroatoms. The molecule has 0 amide bonds. The fraction of sp³-hybridized carbons (Fsp3) is 0.769. The zero-order chi connectivity index (χ0) is 12.2. The minimum absolute atomic E-state index is 0.185. The van der Waals surface area contributed by atoms with Crippen molar-refractivity contribution in [2.24, 2.45) is 11.7 Å². The van der Waals surface area contributed by atoms with Crippen LogP contribution in [0.4, 0.5) is 0 Å². The van der Waals surface area contributed by atoms with E-state index in [0.717, 1.165) is 12.8 Å². The summed E-state index contributed by atoms with van der Waals surface area (Å²) in [5.74, 6) is 0.772. The van der Waals surface area contributed by atoms with Crippen molar-refractivity contribution in [1.82, 2.24) is 0 Å². The summed E-state index contributed by atoms with van der Waals surface area (Å²) >= 11 is 0. The molecule has 0 aromatic rings. The Morgan fingerprint density at radius 3 is 2.81 bits per heavy atom. The molecule has 1 atom stereocenters. The number of carbonyl (C=O) groups excluding carboxylic acids is 1. The van der Waals surface area contributed by atoms with Crippen LogP contribution in [0.15, 0.2) is 12.7 Å². The highest BCUT2D eigenvalue weighted by Crippen LogP contribution is 2.11. The van der Waals surface area contributed by atoms with Gasteiger partial charge in [0.25, 0.3) is 0 Å². The summed E-state index contributed by atoms with van der Waals surface area (Å²) in [6.07, 6.45) is 7.03. The lowest BCUT2D eigenvalue weighted by atomic mass is 10.0. The van der Waals surface area contributed by atoms with Crippen molar-refractivity contribution in [1.29, 1.82) is 0 Å². The van der Waals surface area contributed by atoms with Crippen LogP contribution in [0.25, 0.3) is 0 Å². The fourth-order valence-electron chi connectivity index (χ4n) is 1.42. The molecule has 0 aromatic carbocycles. The van der Waals surface area contributed by atoms with Gasteiger partial charge in [0.2, 0.25) is 0 Å². The van der Waals surface area contributed by atoms with Crippen molar-refractivity contribution >= 4 is 5.78 Å². The Labute approximate surface area is 99.0 Å². The summed E-state index contributed by atoms with van der Waals surface area (Å²) < 4.78 is 5.07. The first-order valence-electron chi connectivity index (χ1n) is 6.12. The second-order valence-electron chi connectivity index (χ2n) is 4.19. The van der Waals surface area contributed by atoms with E-state index in [-0.39, 0.29) is 12.4 Å². The number of ether oxygens (including phenoxy) is 1. The summed E-state index contributed by atoms with van der Waals surface area (Å²) in [5.41, 5.74) is 5.25. The van der Waals surface area contributed by atoms with Gasteiger partial charge in [-0.2, -0.15) is 0 Å². The van der Waals surface area contributed by atoms with Gasteiger partial charge in [0, 0.05) is 13.0 Å². The average molecular weight is 227 g/mol. The maximum Gasteiger partial charge on any atom is 0.158 e. The Hall–Kier alpha value is -0.670. The molecule has 1 unspecified atom stereocenters. The molecule has 0 saturated heterocycles. The third-order valence-electron chi connectivity index (χ3n) is 2.54. The Morgan fingerprint density at radius 1 is 1.44 bits per heavy atom. The second kappa shape index (κ2) is 10.8. The second-order valence-corrected chi connectivity index (χ2v) is 4.19. The van der Waals surface area contributed by atoms with Crippen LogP contribution in [0.2, 0.25) is 0 Å². The molecule has 0 aromatic heterocycles. The molecule has 0 rings (SSSR count). The van der Waals surface area contributed by atoms with Crippen LogP contribution in [0.1, 0.15) is 39.0 Å². The lowest BCUT2D eigenvalue weighted by Crippen LogP contribution is -2.14. The van der Waals surface area contributed by atoms with Gasteiger partial charge in [-0.15, -0.1) is 6.58 Å². The van der Waals surface area contributed by atoms with Crippen molar-refractivity contribution < 1.29 is 9.53 Å². The van der Waals surface area contributed by atoms with Gasteiger partial charge in [0.05, 0.1) is 6.61 Å². The van der Waals surface area contributed by atoms with E-state index in [9.17, 15) is 4.79 Å². The number of unbranched alkanes of at least 4 members (excludes halogenated alkanes) is 2. The number of carbonyl (C=O) groups is 1. The number of rotatable bonds is 11. The molecule has 0 heterocycles. The van der Waals surface area contributed by atoms with E-state index < -0.39 is 0 Å². The van der Waals surface area contributed by atoms with E-state index in [1.54, 1.807) is 0 Å². The Balaban J connectivity index is 3.24. The first kappa shape index (κ1) is 15.3. The van der Waals surface area contributed by atoms with Crippen LogP contribution >= 0.6 is 0 Å². The standard InChI is InChI=1S/C13H25NO2/c1-3-12(2)7-5-4-6-8-13(15)11-16-10-9-14/h3,12H,1,4-11,14H2,2H3. The summed E-state index contributed by atoms with van der Waals surface area (Å²) in [6, 6.07) is 0. The molecule has 0 fully saturated rings. The molecule has 0 saturated carbocycles. The van der Waals surface area contributed by atoms with E-state index in [0.29, 0.717) is 25.5 Å². The highest BCUT2D eigenvalue weighted by molar-refractivity contribution is 5.79. The van der Waals surface area contributed by atoms with Gasteiger partial charge in [0.1, 0.15) is 6.61 Å². The number of nitrogens with two attached hydrogens (primary N) is 1. The van der Waals surface area contributed by atoms with Crippen LogP contribution in [0, 0.1) is 5.92 Å². The zero-order valence-electron chi connectivity index (χ0n) is 10.4. The van der Waals surface area contributed by atoms with Gasteiger partial charge < -0.3 is 10.5 Å². The smallest absolute Gasteiger partial charge is 0.158 e. The van der Waals surface area contributed by atoms with Crippen LogP contribution < -0.4 is 5.73 Å². The summed E-state index contributed by atoms with van der Waals surface area (Å²) in [4.78, 5) is 11.3. The van der Waals surface area contributed by atoms with Crippen molar-refractivity contribution in [3.63, 3.8) is 0 Å². The third-order valence-corrected chi connectivity index (χ3v) is 2.54. The molecular weight excluding hydrogens is 202 g/mol. The minimum Gasteiger partial charge on any atom is -0.372 e. The molecule has 16 heavy (non-hydrogen) atoms. The van der Waals surface area contributed by atoms with Crippen molar-refractivity contribution in [2.75, 3.05) is 19.8 Å². The van der Waals surface area contributed by atoms with Gasteiger partial charge in [-0.1, -0.05) is 25.8 Å². The third kappa shape index (κ3) is 9.87. The average Bonchev–Trinajstić information content (AvgIpc) is 2.28. The number of allylic oxidation sites excluding steroid dienone is 1. The number of hydrogen-bond acceptors (Lipinski definition) is 3. The first-order chi connectivity index (χ1) is 7.70. The SMILES string of the molecule is C=CC(C)CCCCCC(=O)COCCN. The molecule has 0 bridgehead atoms. The van der Waals surface area contributed by atoms with Gasteiger partial charge in [-0.25, -0.2) is 0 Å². The quantitative estimate of drug-likeness (QED) is 0.435.